The molecule has 1 saturated heterocycles. The molecule has 3 atom stereocenters. The first kappa shape index (κ1) is 35.1. The molecule has 1 fully saturated rings. The molecule has 0 amide bonds. The molecule has 2 aromatic carbocycles. The number of halogens is 5. The molecule has 2 aromatic rings. The molecule has 0 radical (unpaired) electrons. The molecule has 2 aliphatic rings. The fraction of sp³-hybridized carbons (Fsp3) is 0.567. The smallest absolute Gasteiger partial charge is 0.449 e. The maximum atomic E-state index is 13.5. The van der Waals surface area contributed by atoms with Gasteiger partial charge in [-0.25, -0.2) is 8.42 Å². The lowest BCUT2D eigenvalue weighted by atomic mass is 10.1. The van der Waals surface area contributed by atoms with Gasteiger partial charge in [0.1, 0.15) is 11.9 Å². The quantitative estimate of drug-likeness (QED) is 0.222. The second-order valence-electron chi connectivity index (χ2n) is 11.4. The molecule has 0 saturated carbocycles. The summed E-state index contributed by atoms with van der Waals surface area (Å²) >= 11 is 9.98. The van der Waals surface area contributed by atoms with Crippen molar-refractivity contribution >= 4 is 43.3 Å². The van der Waals surface area contributed by atoms with E-state index in [4.69, 9.17) is 25.8 Å². The van der Waals surface area contributed by atoms with Gasteiger partial charge in [-0.05, 0) is 93.2 Å². The van der Waals surface area contributed by atoms with Crippen molar-refractivity contribution in [2.75, 3.05) is 53.6 Å². The monoisotopic (exact) mass is 724 g/mol. The minimum atomic E-state index is -4.81. The molecule has 44 heavy (non-hydrogen) atoms. The van der Waals surface area contributed by atoms with E-state index in [1.165, 1.54) is 4.31 Å². The van der Waals surface area contributed by atoms with Crippen LogP contribution in [0.15, 0.2) is 39.7 Å². The molecule has 0 spiro atoms. The van der Waals surface area contributed by atoms with Crippen molar-refractivity contribution in [3.05, 3.63) is 56.5 Å². The Kier molecular flexibility index (Phi) is 11.8. The molecule has 0 bridgehead atoms. The molecule has 1 aliphatic carbocycles. The zero-order chi connectivity index (χ0) is 32.2. The van der Waals surface area contributed by atoms with Gasteiger partial charge in [0.2, 0.25) is 15.8 Å². The highest BCUT2D eigenvalue weighted by molar-refractivity contribution is 9.10. The fourth-order valence-corrected chi connectivity index (χ4v) is 8.12. The van der Waals surface area contributed by atoms with Gasteiger partial charge >= 0.3 is 6.18 Å². The lowest BCUT2D eigenvalue weighted by Crippen LogP contribution is -2.34. The minimum Gasteiger partial charge on any atom is -0.484 e. The number of carbonyl (C=O) groups excluding carboxylic acids is 1. The van der Waals surface area contributed by atoms with Gasteiger partial charge in [0.25, 0.3) is 0 Å². The number of likely N-dealkylation sites (N-methyl/N-ethyl adjacent to an activating group) is 1. The summed E-state index contributed by atoms with van der Waals surface area (Å²) in [5.74, 6) is -1.15. The Balaban J connectivity index is 1.28. The van der Waals surface area contributed by atoms with Crippen LogP contribution >= 0.6 is 27.5 Å². The topological polar surface area (TPSA) is 85.4 Å². The fourth-order valence-electron chi connectivity index (χ4n) is 5.51. The Morgan fingerprint density at radius 1 is 1.14 bits per heavy atom. The third-order valence-corrected chi connectivity index (χ3v) is 10.7. The first-order valence-electron chi connectivity index (χ1n) is 14.4. The standard InChI is InChI=1S/C30H37BrClF3N2O6S/c1-19-13-22(6-7-27(19)43-29-24-14-21(32)15-25(31)23(24)16-26(29)36(2)3)44(39,40)37-9-8-20(17-37)18-42-12-11-41-10-4-5-28(38)30(33,34)35/h6-7,13-15,20,26,29H,4-5,8-12,16-18H2,1-3H3/t20-,26-,29-/m0/s1. The average molecular weight is 726 g/mol. The molecular formula is C30H37BrClF3N2O6S. The van der Waals surface area contributed by atoms with E-state index in [2.05, 4.69) is 20.8 Å². The summed E-state index contributed by atoms with van der Waals surface area (Å²) in [6, 6.07) is 8.81. The van der Waals surface area contributed by atoms with E-state index in [9.17, 15) is 26.4 Å². The van der Waals surface area contributed by atoms with Gasteiger partial charge in [-0.15, -0.1) is 0 Å². The Hall–Kier alpha value is -1.74. The third-order valence-electron chi connectivity index (χ3n) is 7.95. The summed E-state index contributed by atoms with van der Waals surface area (Å²) in [7, 11) is 0.280. The van der Waals surface area contributed by atoms with Crippen molar-refractivity contribution < 1.29 is 40.6 Å². The highest BCUT2D eigenvalue weighted by Gasteiger charge is 2.39. The molecule has 8 nitrogen and oxygen atoms in total. The molecule has 1 aliphatic heterocycles. The summed E-state index contributed by atoms with van der Waals surface area (Å²) in [6.45, 7) is 3.29. The second kappa shape index (κ2) is 14.8. The van der Waals surface area contributed by atoms with Crippen molar-refractivity contribution in [3.63, 3.8) is 0 Å². The predicted octanol–water partition coefficient (Wildman–Crippen LogP) is 5.97. The molecule has 0 unspecified atom stereocenters. The molecule has 0 aromatic heterocycles. The first-order chi connectivity index (χ1) is 20.7. The SMILES string of the molecule is Cc1cc(S(=O)(=O)N2CC[C@H](COCCOCCCC(=O)C(F)(F)F)C2)ccc1O[C@H]1c2cc(Cl)cc(Br)c2C[C@@H]1N(C)C. The van der Waals surface area contributed by atoms with Crippen LogP contribution in [-0.2, 0) is 30.7 Å². The van der Waals surface area contributed by atoms with Crippen LogP contribution in [0.2, 0.25) is 5.02 Å². The molecule has 0 N–H and O–H groups in total. The zero-order valence-corrected chi connectivity index (χ0v) is 28.0. The van der Waals surface area contributed by atoms with E-state index >= 15 is 0 Å². The second-order valence-corrected chi connectivity index (χ2v) is 14.6. The van der Waals surface area contributed by atoms with E-state index in [1.54, 1.807) is 18.2 Å². The molecular weight excluding hydrogens is 689 g/mol. The van der Waals surface area contributed by atoms with Crippen LogP contribution < -0.4 is 4.74 Å². The van der Waals surface area contributed by atoms with Crippen LogP contribution in [0, 0.1) is 12.8 Å². The zero-order valence-electron chi connectivity index (χ0n) is 24.8. The summed E-state index contributed by atoms with van der Waals surface area (Å²) in [6.07, 6.45) is -4.28. The maximum absolute atomic E-state index is 13.5. The van der Waals surface area contributed by atoms with E-state index in [0.29, 0.717) is 42.5 Å². The van der Waals surface area contributed by atoms with Crippen LogP contribution in [0.4, 0.5) is 13.2 Å². The van der Waals surface area contributed by atoms with Gasteiger partial charge in [-0.1, -0.05) is 27.5 Å². The van der Waals surface area contributed by atoms with Crippen LogP contribution in [0.1, 0.15) is 42.1 Å². The number of nitrogens with zero attached hydrogens (tertiary/aromatic N) is 2. The number of alkyl halides is 3. The maximum Gasteiger partial charge on any atom is 0.449 e. The van der Waals surface area contributed by atoms with Crippen molar-refractivity contribution in [1.29, 1.82) is 0 Å². The minimum absolute atomic E-state index is 0.00874. The summed E-state index contributed by atoms with van der Waals surface area (Å²) in [5.41, 5.74) is 2.86. The summed E-state index contributed by atoms with van der Waals surface area (Å²) < 4.78 is 83.3. The number of fused-ring (bicyclic) bond motifs is 1. The van der Waals surface area contributed by atoms with Crippen molar-refractivity contribution in [1.82, 2.24) is 9.21 Å². The van der Waals surface area contributed by atoms with Crippen molar-refractivity contribution in [2.24, 2.45) is 5.92 Å². The van der Waals surface area contributed by atoms with Crippen molar-refractivity contribution in [2.45, 2.75) is 55.8 Å². The number of aryl methyl sites for hydroxylation is 1. The number of hydrogen-bond acceptors (Lipinski definition) is 7. The van der Waals surface area contributed by atoms with Gasteiger partial charge in [0, 0.05) is 35.6 Å². The average Bonchev–Trinajstić information content (AvgIpc) is 3.56. The Labute approximate surface area is 269 Å². The first-order valence-corrected chi connectivity index (χ1v) is 17.0. The molecule has 4 rings (SSSR count). The van der Waals surface area contributed by atoms with E-state index in [1.807, 2.05) is 33.2 Å². The highest BCUT2D eigenvalue weighted by atomic mass is 79.9. The number of rotatable bonds is 14. The van der Waals surface area contributed by atoms with E-state index in [0.717, 1.165) is 22.0 Å². The highest BCUT2D eigenvalue weighted by Crippen LogP contribution is 2.43. The number of ether oxygens (including phenoxy) is 3. The third kappa shape index (κ3) is 8.54. The summed E-state index contributed by atoms with van der Waals surface area (Å²) in [5, 5.41) is 0.612. The summed E-state index contributed by atoms with van der Waals surface area (Å²) in [4.78, 5) is 13.2. The van der Waals surface area contributed by atoms with Gasteiger partial charge in [0.15, 0.2) is 0 Å². The van der Waals surface area contributed by atoms with Crippen molar-refractivity contribution in [3.8, 4) is 5.75 Å². The number of sulfonamides is 1. The van der Waals surface area contributed by atoms with E-state index in [-0.39, 0.29) is 49.2 Å². The largest absolute Gasteiger partial charge is 0.484 e. The van der Waals surface area contributed by atoms with Gasteiger partial charge in [-0.2, -0.15) is 17.5 Å². The number of hydrogen-bond donors (Lipinski definition) is 0. The Bertz CT molecular complexity index is 1440. The van der Waals surface area contributed by atoms with Crippen LogP contribution in [0.25, 0.3) is 0 Å². The number of benzene rings is 2. The van der Waals surface area contributed by atoms with E-state index < -0.39 is 28.4 Å². The predicted molar refractivity (Wildman–Crippen MR) is 164 cm³/mol. The van der Waals surface area contributed by atoms with Gasteiger partial charge < -0.3 is 19.1 Å². The molecule has 1 heterocycles. The van der Waals surface area contributed by atoms with Crippen LogP contribution in [0.5, 0.6) is 5.75 Å². The Morgan fingerprint density at radius 3 is 2.55 bits per heavy atom. The number of Topliss-reactive ketones (excluding diaryl/α,β-unsaturated/α-hetero) is 1. The van der Waals surface area contributed by atoms with Gasteiger partial charge in [-0.3, -0.25) is 4.79 Å². The molecule has 244 valence electrons. The number of carbonyl (C=O) groups is 1. The lowest BCUT2D eigenvalue weighted by Gasteiger charge is -2.28. The Morgan fingerprint density at radius 2 is 1.86 bits per heavy atom. The van der Waals surface area contributed by atoms with Crippen LogP contribution in [0.3, 0.4) is 0 Å². The molecule has 14 heteroatoms. The van der Waals surface area contributed by atoms with Gasteiger partial charge in [0.05, 0.1) is 30.8 Å². The normalized spacial score (nSPS) is 20.8. The van der Waals surface area contributed by atoms with Crippen LogP contribution in [-0.4, -0.2) is 89.2 Å². The number of ketones is 1. The lowest BCUT2D eigenvalue weighted by molar-refractivity contribution is -0.171.